The molecule has 0 aromatic rings. The Bertz CT molecular complexity index is 597. The molecule has 0 saturated carbocycles. The maximum absolute atomic E-state index is 2.63. The maximum Gasteiger partial charge on any atom is 0.0830 e. The van der Waals surface area contributed by atoms with Crippen LogP contribution in [0, 0.1) is 0 Å². The summed E-state index contributed by atoms with van der Waals surface area (Å²) in [6, 6.07) is 2.67. The summed E-state index contributed by atoms with van der Waals surface area (Å²) in [5.74, 6) is 0. The van der Waals surface area contributed by atoms with Crippen molar-refractivity contribution in [1.29, 1.82) is 0 Å². The van der Waals surface area contributed by atoms with Gasteiger partial charge in [0, 0.05) is 10.1 Å². The van der Waals surface area contributed by atoms with Gasteiger partial charge >= 0.3 is 0 Å². The van der Waals surface area contributed by atoms with Crippen LogP contribution in [0.25, 0.3) is 0 Å². The molecule has 2 unspecified atom stereocenters. The van der Waals surface area contributed by atoms with Crippen molar-refractivity contribution in [3.8, 4) is 0 Å². The van der Waals surface area contributed by atoms with Crippen LogP contribution in [0.2, 0.25) is 22.2 Å². The lowest BCUT2D eigenvalue weighted by Crippen LogP contribution is -2.53. The largest absolute Gasteiger partial charge is 0.0830 e. The van der Waals surface area contributed by atoms with Crippen molar-refractivity contribution < 1.29 is 0 Å². The molecule has 0 aliphatic heterocycles. The average Bonchev–Trinajstić information content (AvgIpc) is 2.82. The Morgan fingerprint density at radius 2 is 1.00 bits per heavy atom. The van der Waals surface area contributed by atoms with Crippen LogP contribution in [0.15, 0.2) is 45.6 Å². The molecule has 2 atom stereocenters. The molecule has 1 heteroatoms. The Hall–Kier alpha value is -0.823. The molecular weight excluding hydrogens is 292 g/mol. The normalized spacial score (nSPS) is 31.9. The van der Waals surface area contributed by atoms with E-state index in [1.165, 1.54) is 34.4 Å². The van der Waals surface area contributed by atoms with E-state index >= 15 is 0 Å². The first-order chi connectivity index (χ1) is 10.5. The fourth-order valence-electron chi connectivity index (χ4n) is 5.92. The molecule has 0 nitrogen and oxygen atoms in total. The number of hydrogen-bond acceptors (Lipinski definition) is 0. The summed E-state index contributed by atoms with van der Waals surface area (Å²) in [6.07, 6.45) is 5.26. The summed E-state index contributed by atoms with van der Waals surface area (Å²) in [5.41, 5.74) is 9.35. The van der Waals surface area contributed by atoms with E-state index in [0.717, 1.165) is 0 Å². The molecule has 0 bridgehead atoms. The zero-order valence-electron chi connectivity index (χ0n) is 17.1. The van der Waals surface area contributed by atoms with Gasteiger partial charge in [-0.1, -0.05) is 74.2 Å². The lowest BCUT2D eigenvalue weighted by atomic mass is 10.0. The van der Waals surface area contributed by atoms with E-state index in [0.29, 0.717) is 0 Å². The molecule has 2 rings (SSSR count). The summed E-state index contributed by atoms with van der Waals surface area (Å²) in [5, 5.41) is 0.532. The van der Waals surface area contributed by atoms with Gasteiger partial charge in [-0.2, -0.15) is 0 Å². The van der Waals surface area contributed by atoms with Crippen LogP contribution in [0.3, 0.4) is 0 Å². The molecule has 0 spiro atoms. The molecule has 128 valence electrons. The predicted molar refractivity (Wildman–Crippen MR) is 108 cm³/mol. The lowest BCUT2D eigenvalue weighted by molar-refractivity contribution is 0.720. The average molecular weight is 329 g/mol. The Morgan fingerprint density at radius 3 is 1.17 bits per heavy atom. The first-order valence-corrected chi connectivity index (χ1v) is 11.7. The van der Waals surface area contributed by atoms with Crippen LogP contribution in [-0.4, -0.2) is 8.07 Å². The maximum atomic E-state index is 2.63. The zero-order valence-corrected chi connectivity index (χ0v) is 18.1. The summed E-state index contributed by atoms with van der Waals surface area (Å²) in [4.78, 5) is 0. The van der Waals surface area contributed by atoms with Crippen LogP contribution in [0.4, 0.5) is 0 Å². The molecule has 0 aromatic heterocycles. The van der Waals surface area contributed by atoms with Gasteiger partial charge in [0.1, 0.15) is 0 Å². The summed E-state index contributed by atoms with van der Waals surface area (Å²) < 4.78 is 0. The van der Waals surface area contributed by atoms with Crippen LogP contribution < -0.4 is 0 Å². The van der Waals surface area contributed by atoms with Crippen molar-refractivity contribution in [2.75, 3.05) is 0 Å². The second-order valence-electron chi connectivity index (χ2n) is 8.35. The Kier molecular flexibility index (Phi) is 4.52. The van der Waals surface area contributed by atoms with Crippen molar-refractivity contribution in [3.05, 3.63) is 45.6 Å². The Morgan fingerprint density at radius 1 is 0.696 bits per heavy atom. The lowest BCUT2D eigenvalue weighted by Gasteiger charge is -2.55. The van der Waals surface area contributed by atoms with E-state index < -0.39 is 8.07 Å². The second kappa shape index (κ2) is 5.62. The molecule has 0 radical (unpaired) electrons. The molecule has 0 amide bonds. The van der Waals surface area contributed by atoms with Crippen molar-refractivity contribution in [2.24, 2.45) is 0 Å². The number of hydrogen-bond donors (Lipinski definition) is 0. The molecule has 2 aliphatic rings. The SMILES string of the molecule is CC[Si](CC)(C1(C)C=C(C)C(C)=C1C)C1(C)C=C(C)C(C)=C1C. The minimum atomic E-state index is -1.69. The Balaban J connectivity index is 2.79. The highest BCUT2D eigenvalue weighted by molar-refractivity contribution is 6.87. The summed E-state index contributed by atoms with van der Waals surface area (Å²) >= 11 is 0. The highest BCUT2D eigenvalue weighted by Crippen LogP contribution is 2.68. The molecule has 23 heavy (non-hydrogen) atoms. The topological polar surface area (TPSA) is 0 Å². The molecule has 0 heterocycles. The Labute approximate surface area is 145 Å². The van der Waals surface area contributed by atoms with Crippen molar-refractivity contribution in [2.45, 2.75) is 91.4 Å². The quantitative estimate of drug-likeness (QED) is 0.466. The van der Waals surface area contributed by atoms with Gasteiger partial charge in [-0.05, 0) is 52.7 Å². The third kappa shape index (κ3) is 2.08. The highest BCUT2D eigenvalue weighted by Gasteiger charge is 2.60. The number of rotatable bonds is 4. The van der Waals surface area contributed by atoms with Gasteiger partial charge in [-0.3, -0.25) is 0 Å². The van der Waals surface area contributed by atoms with Crippen LogP contribution >= 0.6 is 0 Å². The van der Waals surface area contributed by atoms with Crippen LogP contribution in [0.5, 0.6) is 0 Å². The van der Waals surface area contributed by atoms with E-state index in [4.69, 9.17) is 0 Å². The molecule has 0 fully saturated rings. The molecule has 0 saturated heterocycles. The summed E-state index contributed by atoms with van der Waals surface area (Å²) in [6.45, 7) is 24.1. The third-order valence-electron chi connectivity index (χ3n) is 8.07. The van der Waals surface area contributed by atoms with Crippen LogP contribution in [-0.2, 0) is 0 Å². The van der Waals surface area contributed by atoms with E-state index in [9.17, 15) is 0 Å². The fourth-order valence-corrected chi connectivity index (χ4v) is 13.2. The van der Waals surface area contributed by atoms with Gasteiger partial charge in [-0.25, -0.2) is 0 Å². The second-order valence-corrected chi connectivity index (χ2v) is 14.0. The first kappa shape index (κ1) is 18.5. The minimum Gasteiger partial charge on any atom is -0.0740 e. The monoisotopic (exact) mass is 328 g/mol. The molecular formula is C22H36Si. The predicted octanol–water partition coefficient (Wildman–Crippen LogP) is 7.59. The smallest absolute Gasteiger partial charge is 0.0740 e. The van der Waals surface area contributed by atoms with Gasteiger partial charge in [0.05, 0.1) is 8.07 Å². The van der Waals surface area contributed by atoms with E-state index in [-0.39, 0.29) is 10.1 Å². The standard InChI is InChI=1S/C22H36Si/c1-11-23(12-2,21(9)13-15(3)17(5)19(21)7)22(10)14-16(4)18(6)20(22)8/h13-14H,11-12H2,1-10H3. The fraction of sp³-hybridized carbons (Fsp3) is 0.636. The van der Waals surface area contributed by atoms with E-state index in [1.807, 2.05) is 0 Å². The van der Waals surface area contributed by atoms with Gasteiger partial charge in [0.15, 0.2) is 0 Å². The number of allylic oxidation sites excluding steroid dienone is 8. The van der Waals surface area contributed by atoms with Crippen molar-refractivity contribution >= 4 is 8.07 Å². The van der Waals surface area contributed by atoms with Gasteiger partial charge in [0.25, 0.3) is 0 Å². The highest BCUT2D eigenvalue weighted by atomic mass is 28.3. The van der Waals surface area contributed by atoms with Gasteiger partial charge in [0.2, 0.25) is 0 Å². The minimum absolute atomic E-state index is 0.266. The van der Waals surface area contributed by atoms with E-state index in [1.54, 1.807) is 11.1 Å². The first-order valence-electron chi connectivity index (χ1n) is 9.28. The molecule has 2 aliphatic carbocycles. The van der Waals surface area contributed by atoms with E-state index in [2.05, 4.69) is 81.4 Å². The molecule has 0 N–H and O–H groups in total. The third-order valence-corrected chi connectivity index (χ3v) is 15.5. The van der Waals surface area contributed by atoms with Gasteiger partial charge in [-0.15, -0.1) is 0 Å². The summed E-state index contributed by atoms with van der Waals surface area (Å²) in [7, 11) is -1.69. The zero-order chi connectivity index (χ0) is 17.8. The molecule has 0 aromatic carbocycles. The van der Waals surface area contributed by atoms with Crippen molar-refractivity contribution in [1.82, 2.24) is 0 Å². The van der Waals surface area contributed by atoms with Crippen LogP contribution in [0.1, 0.15) is 69.2 Å². The van der Waals surface area contributed by atoms with Crippen molar-refractivity contribution in [3.63, 3.8) is 0 Å². The van der Waals surface area contributed by atoms with Gasteiger partial charge < -0.3 is 0 Å².